The van der Waals surface area contributed by atoms with Gasteiger partial charge in [0.25, 0.3) is 0 Å². The maximum atomic E-state index is 11.1. The molecule has 0 amide bonds. The van der Waals surface area contributed by atoms with Gasteiger partial charge in [-0.3, -0.25) is 4.72 Å². The molecule has 0 radical (unpaired) electrons. The van der Waals surface area contributed by atoms with Gasteiger partial charge in [0.2, 0.25) is 10.0 Å². The molecule has 0 heterocycles. The molecule has 0 unspecified atom stereocenters. The summed E-state index contributed by atoms with van der Waals surface area (Å²) in [5.74, 6) is 0. The Labute approximate surface area is 110 Å². The maximum absolute atomic E-state index is 11.1. The molecule has 0 saturated carbocycles. The molecule has 102 valence electrons. The minimum atomic E-state index is -3.20. The summed E-state index contributed by atoms with van der Waals surface area (Å²) in [5.41, 5.74) is 1.88. The molecule has 1 rings (SSSR count). The Morgan fingerprint density at radius 2 is 1.72 bits per heavy atom. The molecule has 5 heteroatoms. The van der Waals surface area contributed by atoms with Crippen LogP contribution in [0.1, 0.15) is 25.8 Å². The van der Waals surface area contributed by atoms with E-state index in [1.54, 1.807) is 12.1 Å². The number of rotatable bonds is 6. The van der Waals surface area contributed by atoms with Crippen LogP contribution in [0.15, 0.2) is 24.3 Å². The third kappa shape index (κ3) is 4.66. The SMILES string of the molecule is CNCCC(C)(C)c1ccc(NS(C)(=O)=O)cc1. The standard InChI is InChI=1S/C13H22N2O2S/c1-13(2,9-10-14-3)11-5-7-12(8-6-11)15-18(4,16)17/h5-8,14-15H,9-10H2,1-4H3. The molecule has 0 aliphatic carbocycles. The van der Waals surface area contributed by atoms with Crippen LogP contribution in [0.25, 0.3) is 0 Å². The smallest absolute Gasteiger partial charge is 0.229 e. The van der Waals surface area contributed by atoms with E-state index in [4.69, 9.17) is 0 Å². The second-order valence-corrected chi connectivity index (χ2v) is 6.94. The van der Waals surface area contributed by atoms with E-state index in [9.17, 15) is 8.42 Å². The van der Waals surface area contributed by atoms with Crippen molar-refractivity contribution in [3.8, 4) is 0 Å². The van der Waals surface area contributed by atoms with E-state index in [-0.39, 0.29) is 5.41 Å². The predicted molar refractivity (Wildman–Crippen MR) is 76.5 cm³/mol. The van der Waals surface area contributed by atoms with Crippen LogP contribution in [0.3, 0.4) is 0 Å². The van der Waals surface area contributed by atoms with Crippen LogP contribution in [-0.4, -0.2) is 28.3 Å². The summed E-state index contributed by atoms with van der Waals surface area (Å²) in [6.45, 7) is 5.32. The summed E-state index contributed by atoms with van der Waals surface area (Å²) < 4.78 is 24.7. The molecular weight excluding hydrogens is 248 g/mol. The lowest BCUT2D eigenvalue weighted by molar-refractivity contribution is 0.469. The average molecular weight is 270 g/mol. The molecule has 2 N–H and O–H groups in total. The second-order valence-electron chi connectivity index (χ2n) is 5.19. The van der Waals surface area contributed by atoms with E-state index < -0.39 is 10.0 Å². The van der Waals surface area contributed by atoms with Crippen LogP contribution >= 0.6 is 0 Å². The number of benzene rings is 1. The average Bonchev–Trinajstić information content (AvgIpc) is 2.25. The molecule has 1 aromatic rings. The highest BCUT2D eigenvalue weighted by Crippen LogP contribution is 2.27. The van der Waals surface area contributed by atoms with E-state index in [0.29, 0.717) is 5.69 Å². The number of nitrogens with one attached hydrogen (secondary N) is 2. The Bertz CT molecular complexity index is 478. The van der Waals surface area contributed by atoms with Gasteiger partial charge in [0.15, 0.2) is 0 Å². The van der Waals surface area contributed by atoms with Crippen molar-refractivity contribution in [2.24, 2.45) is 0 Å². The Balaban J connectivity index is 2.82. The highest BCUT2D eigenvalue weighted by molar-refractivity contribution is 7.92. The van der Waals surface area contributed by atoms with Crippen molar-refractivity contribution in [2.45, 2.75) is 25.7 Å². The molecule has 0 fully saturated rings. The van der Waals surface area contributed by atoms with Gasteiger partial charge in [-0.15, -0.1) is 0 Å². The summed E-state index contributed by atoms with van der Waals surface area (Å²) in [6, 6.07) is 7.56. The Hall–Kier alpha value is -1.07. The van der Waals surface area contributed by atoms with Gasteiger partial charge in [0, 0.05) is 5.69 Å². The minimum absolute atomic E-state index is 0.0760. The molecule has 18 heavy (non-hydrogen) atoms. The van der Waals surface area contributed by atoms with Crippen molar-refractivity contribution in [1.82, 2.24) is 5.32 Å². The van der Waals surface area contributed by atoms with Gasteiger partial charge in [-0.05, 0) is 43.1 Å². The van der Waals surface area contributed by atoms with Crippen molar-refractivity contribution >= 4 is 15.7 Å². The topological polar surface area (TPSA) is 58.2 Å². The molecule has 0 aliphatic rings. The van der Waals surface area contributed by atoms with E-state index in [1.807, 2.05) is 19.2 Å². The fourth-order valence-electron chi connectivity index (χ4n) is 1.79. The molecule has 4 nitrogen and oxygen atoms in total. The van der Waals surface area contributed by atoms with Gasteiger partial charge < -0.3 is 5.32 Å². The lowest BCUT2D eigenvalue weighted by Crippen LogP contribution is -2.23. The van der Waals surface area contributed by atoms with Gasteiger partial charge >= 0.3 is 0 Å². The first-order chi connectivity index (χ1) is 8.24. The van der Waals surface area contributed by atoms with Gasteiger partial charge in [-0.1, -0.05) is 26.0 Å². The Morgan fingerprint density at radius 3 is 2.17 bits per heavy atom. The highest BCUT2D eigenvalue weighted by atomic mass is 32.2. The van der Waals surface area contributed by atoms with Crippen molar-refractivity contribution in [1.29, 1.82) is 0 Å². The highest BCUT2D eigenvalue weighted by Gasteiger charge is 2.19. The molecular formula is C13H22N2O2S. The second kappa shape index (κ2) is 5.71. The molecule has 0 saturated heterocycles. The minimum Gasteiger partial charge on any atom is -0.320 e. The fraction of sp³-hybridized carbons (Fsp3) is 0.538. The molecule has 1 aromatic carbocycles. The van der Waals surface area contributed by atoms with Crippen molar-refractivity contribution in [3.05, 3.63) is 29.8 Å². The third-order valence-corrected chi connectivity index (χ3v) is 3.58. The van der Waals surface area contributed by atoms with Gasteiger partial charge in [-0.25, -0.2) is 8.42 Å². The van der Waals surface area contributed by atoms with E-state index in [2.05, 4.69) is 23.9 Å². The summed E-state index contributed by atoms with van der Waals surface area (Å²) >= 11 is 0. The zero-order valence-corrected chi connectivity index (χ0v) is 12.3. The normalized spacial score (nSPS) is 12.4. The number of hydrogen-bond donors (Lipinski definition) is 2. The van der Waals surface area contributed by atoms with Crippen molar-refractivity contribution < 1.29 is 8.42 Å². The molecule has 0 bridgehead atoms. The maximum Gasteiger partial charge on any atom is 0.229 e. The van der Waals surface area contributed by atoms with Crippen LogP contribution in [0, 0.1) is 0 Å². The largest absolute Gasteiger partial charge is 0.320 e. The zero-order valence-electron chi connectivity index (χ0n) is 11.4. The summed E-state index contributed by atoms with van der Waals surface area (Å²) in [4.78, 5) is 0. The molecule has 0 aliphatic heterocycles. The molecule has 0 atom stereocenters. The number of sulfonamides is 1. The van der Waals surface area contributed by atoms with E-state index in [1.165, 1.54) is 5.56 Å². The van der Waals surface area contributed by atoms with Crippen LogP contribution in [0.2, 0.25) is 0 Å². The quantitative estimate of drug-likeness (QED) is 0.830. The molecule has 0 aromatic heterocycles. The summed E-state index contributed by atoms with van der Waals surface area (Å²) in [7, 11) is -1.26. The summed E-state index contributed by atoms with van der Waals surface area (Å²) in [6.07, 6.45) is 2.18. The first kappa shape index (κ1) is 15.0. The van der Waals surface area contributed by atoms with Crippen LogP contribution in [0.5, 0.6) is 0 Å². The van der Waals surface area contributed by atoms with E-state index >= 15 is 0 Å². The molecule has 0 spiro atoms. The van der Waals surface area contributed by atoms with Crippen molar-refractivity contribution in [2.75, 3.05) is 24.6 Å². The fourth-order valence-corrected chi connectivity index (χ4v) is 2.35. The lowest BCUT2D eigenvalue weighted by Gasteiger charge is -2.25. The summed E-state index contributed by atoms with van der Waals surface area (Å²) in [5, 5.41) is 3.14. The van der Waals surface area contributed by atoms with E-state index in [0.717, 1.165) is 19.2 Å². The van der Waals surface area contributed by atoms with Gasteiger partial charge in [0.1, 0.15) is 0 Å². The first-order valence-corrected chi connectivity index (χ1v) is 7.87. The van der Waals surface area contributed by atoms with Crippen LogP contribution < -0.4 is 10.0 Å². The third-order valence-electron chi connectivity index (χ3n) is 2.97. The number of anilines is 1. The Morgan fingerprint density at radius 1 is 1.17 bits per heavy atom. The van der Waals surface area contributed by atoms with Gasteiger partial charge in [-0.2, -0.15) is 0 Å². The lowest BCUT2D eigenvalue weighted by atomic mass is 9.81. The Kier molecular flexibility index (Phi) is 4.76. The van der Waals surface area contributed by atoms with Crippen molar-refractivity contribution in [3.63, 3.8) is 0 Å². The van der Waals surface area contributed by atoms with Crippen LogP contribution in [0.4, 0.5) is 5.69 Å². The zero-order chi connectivity index (χ0) is 13.8. The first-order valence-electron chi connectivity index (χ1n) is 5.97. The monoisotopic (exact) mass is 270 g/mol. The van der Waals surface area contributed by atoms with Gasteiger partial charge in [0.05, 0.1) is 6.26 Å². The number of hydrogen-bond acceptors (Lipinski definition) is 3. The predicted octanol–water partition coefficient (Wildman–Crippen LogP) is 1.95. The van der Waals surface area contributed by atoms with Crippen LogP contribution in [-0.2, 0) is 15.4 Å².